The average molecular weight is 266 g/mol. The molecule has 100 valence electrons. The molecule has 3 N–H and O–H groups in total. The van der Waals surface area contributed by atoms with Gasteiger partial charge in [-0.15, -0.1) is 0 Å². The van der Waals surface area contributed by atoms with E-state index in [2.05, 4.69) is 29.1 Å². The number of aromatic nitrogens is 2. The smallest absolute Gasteiger partial charge is 0.144 e. The molecule has 5 heteroatoms. The van der Waals surface area contributed by atoms with Gasteiger partial charge in [-0.1, -0.05) is 44.8 Å². The first-order valence-electron chi connectivity index (χ1n) is 6.52. The minimum Gasteiger partial charge on any atom is -0.388 e. The van der Waals surface area contributed by atoms with Gasteiger partial charge in [0.2, 0.25) is 0 Å². The molecule has 0 aliphatic carbocycles. The van der Waals surface area contributed by atoms with E-state index < -0.39 is 0 Å². The van der Waals surface area contributed by atoms with Crippen LogP contribution in [0.15, 0.2) is 12.4 Å². The van der Waals surface area contributed by atoms with Crippen LogP contribution >= 0.6 is 12.2 Å². The summed E-state index contributed by atoms with van der Waals surface area (Å²) < 4.78 is 0. The van der Waals surface area contributed by atoms with Gasteiger partial charge in [0.1, 0.15) is 16.5 Å². The minimum atomic E-state index is 0.279. The first-order valence-corrected chi connectivity index (χ1v) is 6.92. The van der Waals surface area contributed by atoms with E-state index in [1.54, 1.807) is 12.4 Å². The molecule has 0 saturated carbocycles. The Hall–Kier alpha value is -1.23. The Balaban J connectivity index is 2.35. The third-order valence-corrected chi connectivity index (χ3v) is 3.00. The average Bonchev–Trinajstić information content (AvgIpc) is 2.35. The zero-order valence-electron chi connectivity index (χ0n) is 11.1. The van der Waals surface area contributed by atoms with Crippen LogP contribution < -0.4 is 11.1 Å². The molecule has 0 spiro atoms. The largest absolute Gasteiger partial charge is 0.388 e. The summed E-state index contributed by atoms with van der Waals surface area (Å²) in [5.41, 5.74) is 6.03. The van der Waals surface area contributed by atoms with Crippen molar-refractivity contribution in [2.75, 3.05) is 5.32 Å². The summed E-state index contributed by atoms with van der Waals surface area (Å²) in [4.78, 5) is 8.67. The Labute approximate surface area is 114 Å². The van der Waals surface area contributed by atoms with Gasteiger partial charge in [0.25, 0.3) is 0 Å². The second kappa shape index (κ2) is 7.97. The van der Waals surface area contributed by atoms with E-state index in [4.69, 9.17) is 18.0 Å². The van der Waals surface area contributed by atoms with Crippen molar-refractivity contribution in [1.82, 2.24) is 9.97 Å². The predicted octanol–water partition coefficient (Wildman–Crippen LogP) is 2.88. The summed E-state index contributed by atoms with van der Waals surface area (Å²) in [6, 6.07) is 0.409. The summed E-state index contributed by atoms with van der Waals surface area (Å²) >= 11 is 4.83. The van der Waals surface area contributed by atoms with Gasteiger partial charge >= 0.3 is 0 Å². The summed E-state index contributed by atoms with van der Waals surface area (Å²) in [6.07, 6.45) is 9.57. The molecule has 0 saturated heterocycles. The lowest BCUT2D eigenvalue weighted by Crippen LogP contribution is -2.17. The number of hydrogen-bond donors (Lipinski definition) is 2. The van der Waals surface area contributed by atoms with Gasteiger partial charge in [0, 0.05) is 6.04 Å². The molecule has 0 amide bonds. The minimum absolute atomic E-state index is 0.279. The van der Waals surface area contributed by atoms with Crippen molar-refractivity contribution in [3.05, 3.63) is 18.1 Å². The van der Waals surface area contributed by atoms with Gasteiger partial charge in [-0.2, -0.15) is 0 Å². The molecule has 1 atom stereocenters. The molecule has 0 aliphatic rings. The zero-order valence-corrected chi connectivity index (χ0v) is 12.0. The molecule has 18 heavy (non-hydrogen) atoms. The van der Waals surface area contributed by atoms with Crippen LogP contribution in [0.5, 0.6) is 0 Å². The highest BCUT2D eigenvalue weighted by Gasteiger charge is 2.04. The highest BCUT2D eigenvalue weighted by atomic mass is 32.1. The quantitative estimate of drug-likeness (QED) is 0.559. The summed E-state index contributed by atoms with van der Waals surface area (Å²) in [7, 11) is 0. The van der Waals surface area contributed by atoms with Crippen LogP contribution in [0.4, 0.5) is 5.82 Å². The van der Waals surface area contributed by atoms with E-state index in [0.29, 0.717) is 11.7 Å². The number of nitrogens with two attached hydrogens (primary N) is 1. The number of thiocarbonyl (C=S) groups is 1. The predicted molar refractivity (Wildman–Crippen MR) is 79.8 cm³/mol. The van der Waals surface area contributed by atoms with E-state index in [-0.39, 0.29) is 4.99 Å². The van der Waals surface area contributed by atoms with Crippen molar-refractivity contribution < 1.29 is 0 Å². The third kappa shape index (κ3) is 5.40. The fourth-order valence-electron chi connectivity index (χ4n) is 1.73. The second-order valence-electron chi connectivity index (χ2n) is 4.55. The lowest BCUT2D eigenvalue weighted by atomic mass is 10.1. The maximum atomic E-state index is 5.47. The Bertz CT molecular complexity index is 364. The van der Waals surface area contributed by atoms with E-state index in [1.807, 2.05) is 0 Å². The number of nitrogens with zero attached hydrogens (tertiary/aromatic N) is 2. The first-order chi connectivity index (χ1) is 8.63. The van der Waals surface area contributed by atoms with Crippen LogP contribution in [-0.4, -0.2) is 21.0 Å². The molecule has 0 radical (unpaired) electrons. The lowest BCUT2D eigenvalue weighted by Gasteiger charge is -2.14. The summed E-state index contributed by atoms with van der Waals surface area (Å²) in [5, 5.41) is 3.33. The van der Waals surface area contributed by atoms with Crippen molar-refractivity contribution in [1.29, 1.82) is 0 Å². The Morgan fingerprint density at radius 2 is 2.11 bits per heavy atom. The molecular weight excluding hydrogens is 244 g/mol. The molecular formula is C13H22N4S. The maximum Gasteiger partial charge on any atom is 0.144 e. The van der Waals surface area contributed by atoms with Gasteiger partial charge in [-0.05, 0) is 13.3 Å². The van der Waals surface area contributed by atoms with Crippen molar-refractivity contribution in [2.24, 2.45) is 5.73 Å². The van der Waals surface area contributed by atoms with Crippen LogP contribution in [-0.2, 0) is 0 Å². The second-order valence-corrected chi connectivity index (χ2v) is 4.99. The first kappa shape index (κ1) is 14.8. The molecule has 1 heterocycles. The highest BCUT2D eigenvalue weighted by Crippen LogP contribution is 2.09. The van der Waals surface area contributed by atoms with Crippen LogP contribution in [0.25, 0.3) is 0 Å². The number of unbranched alkanes of at least 4 members (excludes halogenated alkanes) is 3. The van der Waals surface area contributed by atoms with Gasteiger partial charge in [-0.3, -0.25) is 0 Å². The summed E-state index contributed by atoms with van der Waals surface area (Å²) in [5.74, 6) is 0.776. The van der Waals surface area contributed by atoms with E-state index in [0.717, 1.165) is 12.2 Å². The van der Waals surface area contributed by atoms with Crippen LogP contribution in [0.2, 0.25) is 0 Å². The molecule has 1 aromatic rings. The maximum absolute atomic E-state index is 5.47. The van der Waals surface area contributed by atoms with Crippen molar-refractivity contribution in [3.8, 4) is 0 Å². The Kier molecular flexibility index (Phi) is 6.57. The third-order valence-electron chi connectivity index (χ3n) is 2.79. The van der Waals surface area contributed by atoms with Crippen molar-refractivity contribution in [3.63, 3.8) is 0 Å². The standard InChI is InChI=1S/C13H22N4S/c1-3-4-5-6-7-10(2)17-12-9-15-11(8-16-12)13(14)18/h8-10H,3-7H2,1-2H3,(H2,14,18)(H,16,17). The molecule has 0 aliphatic heterocycles. The normalized spacial score (nSPS) is 12.1. The summed E-state index contributed by atoms with van der Waals surface area (Å²) in [6.45, 7) is 4.38. The Morgan fingerprint density at radius 3 is 2.67 bits per heavy atom. The molecule has 1 unspecified atom stereocenters. The monoisotopic (exact) mass is 266 g/mol. The number of nitrogens with one attached hydrogen (secondary N) is 1. The molecule has 1 rings (SSSR count). The molecule has 0 aromatic carbocycles. The zero-order chi connectivity index (χ0) is 13.4. The number of hydrogen-bond acceptors (Lipinski definition) is 4. The molecule has 4 nitrogen and oxygen atoms in total. The van der Waals surface area contributed by atoms with E-state index >= 15 is 0 Å². The SMILES string of the molecule is CCCCCCC(C)Nc1cnc(C(N)=S)cn1. The van der Waals surface area contributed by atoms with Crippen LogP contribution in [0.1, 0.15) is 51.6 Å². The molecule has 1 aromatic heterocycles. The fourth-order valence-corrected chi connectivity index (χ4v) is 1.84. The van der Waals surface area contributed by atoms with E-state index in [9.17, 15) is 0 Å². The lowest BCUT2D eigenvalue weighted by molar-refractivity contribution is 0.593. The van der Waals surface area contributed by atoms with Crippen LogP contribution in [0, 0.1) is 0 Å². The topological polar surface area (TPSA) is 63.8 Å². The van der Waals surface area contributed by atoms with E-state index in [1.165, 1.54) is 25.7 Å². The van der Waals surface area contributed by atoms with Gasteiger partial charge < -0.3 is 11.1 Å². The number of anilines is 1. The van der Waals surface area contributed by atoms with Crippen molar-refractivity contribution in [2.45, 2.75) is 52.0 Å². The Morgan fingerprint density at radius 1 is 1.33 bits per heavy atom. The van der Waals surface area contributed by atoms with Crippen molar-refractivity contribution >= 4 is 23.0 Å². The van der Waals surface area contributed by atoms with Gasteiger partial charge in [0.05, 0.1) is 12.4 Å². The highest BCUT2D eigenvalue weighted by molar-refractivity contribution is 7.80. The van der Waals surface area contributed by atoms with Gasteiger partial charge in [-0.25, -0.2) is 9.97 Å². The number of rotatable bonds is 8. The fraction of sp³-hybridized carbons (Fsp3) is 0.615. The molecule has 0 fully saturated rings. The van der Waals surface area contributed by atoms with Gasteiger partial charge in [0.15, 0.2) is 0 Å². The van der Waals surface area contributed by atoms with Crippen LogP contribution in [0.3, 0.4) is 0 Å². The molecule has 0 bridgehead atoms.